The van der Waals surface area contributed by atoms with E-state index in [9.17, 15) is 9.36 Å². The molecular formula is C13H20NO3P. The zero-order valence-electron chi connectivity index (χ0n) is 11.1. The number of ether oxygens (including phenoxy) is 1. The van der Waals surface area contributed by atoms with E-state index in [4.69, 9.17) is 10.5 Å². The van der Waals surface area contributed by atoms with Crippen LogP contribution in [0.5, 0.6) is 0 Å². The molecule has 0 aromatic heterocycles. The molecule has 0 aliphatic rings. The molecule has 0 spiro atoms. The highest BCUT2D eigenvalue weighted by molar-refractivity contribution is 7.70. The van der Waals surface area contributed by atoms with Gasteiger partial charge in [0.2, 0.25) is 0 Å². The van der Waals surface area contributed by atoms with Crippen molar-refractivity contribution < 1.29 is 14.1 Å². The Kier molecular flexibility index (Phi) is 5.12. The molecule has 4 nitrogen and oxygen atoms in total. The summed E-state index contributed by atoms with van der Waals surface area (Å²) in [6.45, 7) is 5.54. The van der Waals surface area contributed by atoms with Crippen LogP contribution >= 0.6 is 7.14 Å². The maximum Gasteiger partial charge on any atom is 0.323 e. The molecule has 0 saturated heterocycles. The van der Waals surface area contributed by atoms with E-state index in [1.54, 1.807) is 20.3 Å². The van der Waals surface area contributed by atoms with Crippen molar-refractivity contribution in [2.24, 2.45) is 5.73 Å². The van der Waals surface area contributed by atoms with Gasteiger partial charge in [-0.1, -0.05) is 24.3 Å². The van der Waals surface area contributed by atoms with Gasteiger partial charge in [0.25, 0.3) is 0 Å². The van der Waals surface area contributed by atoms with Crippen LogP contribution in [0.25, 0.3) is 0 Å². The van der Waals surface area contributed by atoms with E-state index in [0.29, 0.717) is 13.0 Å². The van der Waals surface area contributed by atoms with Crippen molar-refractivity contribution in [3.8, 4) is 0 Å². The van der Waals surface area contributed by atoms with Crippen LogP contribution in [0.2, 0.25) is 0 Å². The van der Waals surface area contributed by atoms with Crippen LogP contribution in [0.3, 0.4) is 0 Å². The molecule has 0 bridgehead atoms. The normalized spacial score (nSPS) is 13.1. The van der Waals surface area contributed by atoms with Crippen molar-refractivity contribution in [2.45, 2.75) is 19.4 Å². The maximum atomic E-state index is 11.8. The second kappa shape index (κ2) is 6.17. The molecule has 0 saturated carbocycles. The molecule has 0 unspecified atom stereocenters. The summed E-state index contributed by atoms with van der Waals surface area (Å²) in [6, 6.07) is 6.72. The first-order chi connectivity index (χ1) is 8.34. The third-order valence-electron chi connectivity index (χ3n) is 2.60. The summed E-state index contributed by atoms with van der Waals surface area (Å²) in [4.78, 5) is 11.4. The molecule has 0 amide bonds. The van der Waals surface area contributed by atoms with E-state index < -0.39 is 19.2 Å². The molecule has 2 N–H and O–H groups in total. The van der Waals surface area contributed by atoms with Gasteiger partial charge in [0.1, 0.15) is 13.2 Å². The van der Waals surface area contributed by atoms with Crippen LogP contribution in [-0.4, -0.2) is 31.9 Å². The summed E-state index contributed by atoms with van der Waals surface area (Å²) in [7, 11) is -2.22. The van der Waals surface area contributed by atoms with E-state index >= 15 is 0 Å². The molecule has 5 heteroatoms. The zero-order valence-corrected chi connectivity index (χ0v) is 11.9. The molecule has 18 heavy (non-hydrogen) atoms. The number of esters is 1. The van der Waals surface area contributed by atoms with Gasteiger partial charge < -0.3 is 15.0 Å². The Morgan fingerprint density at radius 3 is 2.33 bits per heavy atom. The van der Waals surface area contributed by atoms with Gasteiger partial charge in [-0.2, -0.15) is 0 Å². The van der Waals surface area contributed by atoms with Crippen LogP contribution in [0.4, 0.5) is 0 Å². The molecule has 1 atom stereocenters. The Bertz CT molecular complexity index is 450. The van der Waals surface area contributed by atoms with Gasteiger partial charge in [0, 0.05) is 5.30 Å². The number of rotatable bonds is 5. The molecule has 0 aliphatic carbocycles. The van der Waals surface area contributed by atoms with Gasteiger partial charge in [0.15, 0.2) is 0 Å². The highest BCUT2D eigenvalue weighted by atomic mass is 31.2. The number of benzene rings is 1. The molecule has 0 aliphatic heterocycles. The van der Waals surface area contributed by atoms with Gasteiger partial charge in [-0.05, 0) is 32.2 Å². The van der Waals surface area contributed by atoms with Crippen molar-refractivity contribution in [3.05, 3.63) is 29.8 Å². The Labute approximate surface area is 108 Å². The Morgan fingerprint density at radius 1 is 1.33 bits per heavy atom. The zero-order chi connectivity index (χ0) is 13.8. The maximum absolute atomic E-state index is 11.8. The number of carbonyl (C=O) groups is 1. The average Bonchev–Trinajstić information content (AvgIpc) is 2.28. The van der Waals surface area contributed by atoms with E-state index in [2.05, 4.69) is 0 Å². The highest BCUT2D eigenvalue weighted by Gasteiger charge is 2.16. The first kappa shape index (κ1) is 14.9. The molecule has 1 aromatic rings. The molecule has 100 valence electrons. The van der Waals surface area contributed by atoms with Gasteiger partial charge >= 0.3 is 5.97 Å². The third-order valence-corrected chi connectivity index (χ3v) is 4.14. The summed E-state index contributed by atoms with van der Waals surface area (Å²) < 4.78 is 16.7. The van der Waals surface area contributed by atoms with Crippen LogP contribution in [0.1, 0.15) is 12.5 Å². The second-order valence-corrected chi connectivity index (χ2v) is 7.80. The number of carbonyl (C=O) groups excluding carboxylic acids is 1. The molecule has 0 fully saturated rings. The van der Waals surface area contributed by atoms with Gasteiger partial charge in [-0.15, -0.1) is 0 Å². The third kappa shape index (κ3) is 4.28. The number of hydrogen-bond donors (Lipinski definition) is 1. The summed E-state index contributed by atoms with van der Waals surface area (Å²) in [5, 5.41) is 0.830. The Morgan fingerprint density at radius 2 is 1.89 bits per heavy atom. The fourth-order valence-corrected chi connectivity index (χ4v) is 2.44. The number of hydrogen-bond acceptors (Lipinski definition) is 4. The van der Waals surface area contributed by atoms with Crippen molar-refractivity contribution in [2.75, 3.05) is 19.9 Å². The summed E-state index contributed by atoms with van der Waals surface area (Å²) in [6.07, 6.45) is 0.427. The SMILES string of the molecule is CCOC(=O)[C@@H](N)Cc1ccc(P(C)(C)=O)cc1. The van der Waals surface area contributed by atoms with Crippen LogP contribution in [-0.2, 0) is 20.5 Å². The van der Waals surface area contributed by atoms with E-state index in [0.717, 1.165) is 10.9 Å². The minimum Gasteiger partial charge on any atom is -0.465 e. The lowest BCUT2D eigenvalue weighted by molar-refractivity contribution is -0.144. The summed E-state index contributed by atoms with van der Waals surface area (Å²) in [5.41, 5.74) is 6.67. The van der Waals surface area contributed by atoms with Crippen LogP contribution < -0.4 is 11.0 Å². The van der Waals surface area contributed by atoms with Crippen LogP contribution in [0.15, 0.2) is 24.3 Å². The van der Waals surface area contributed by atoms with Crippen molar-refractivity contribution in [1.82, 2.24) is 0 Å². The van der Waals surface area contributed by atoms with Crippen molar-refractivity contribution in [3.63, 3.8) is 0 Å². The van der Waals surface area contributed by atoms with Crippen molar-refractivity contribution in [1.29, 1.82) is 0 Å². The second-order valence-electron chi connectivity index (χ2n) is 4.58. The molecule has 0 radical (unpaired) electrons. The lowest BCUT2D eigenvalue weighted by atomic mass is 10.1. The molecule has 1 aromatic carbocycles. The quantitative estimate of drug-likeness (QED) is 0.647. The topological polar surface area (TPSA) is 69.4 Å². The minimum absolute atomic E-state index is 0.334. The molecule has 1 rings (SSSR count). The lowest BCUT2D eigenvalue weighted by Crippen LogP contribution is -2.34. The van der Waals surface area contributed by atoms with Gasteiger partial charge in [-0.25, -0.2) is 0 Å². The average molecular weight is 269 g/mol. The Hall–Kier alpha value is -1.12. The standard InChI is InChI=1S/C13H20NO3P/c1-4-17-13(15)12(14)9-10-5-7-11(8-6-10)18(2,3)16/h5-8,12H,4,9,14H2,1-3H3/t12-/m0/s1. The van der Waals surface area contributed by atoms with E-state index in [-0.39, 0.29) is 0 Å². The lowest BCUT2D eigenvalue weighted by Gasteiger charge is -2.12. The van der Waals surface area contributed by atoms with Gasteiger partial charge in [0.05, 0.1) is 6.61 Å². The van der Waals surface area contributed by atoms with E-state index in [1.807, 2.05) is 24.3 Å². The smallest absolute Gasteiger partial charge is 0.323 e. The summed E-state index contributed by atoms with van der Waals surface area (Å²) >= 11 is 0. The Balaban J connectivity index is 2.70. The summed E-state index contributed by atoms with van der Waals surface area (Å²) in [5.74, 6) is -0.391. The van der Waals surface area contributed by atoms with E-state index in [1.165, 1.54) is 0 Å². The fraction of sp³-hybridized carbons (Fsp3) is 0.462. The predicted molar refractivity (Wildman–Crippen MR) is 73.8 cm³/mol. The monoisotopic (exact) mass is 269 g/mol. The van der Waals surface area contributed by atoms with Crippen LogP contribution in [0, 0.1) is 0 Å². The first-order valence-electron chi connectivity index (χ1n) is 5.91. The predicted octanol–water partition coefficient (Wildman–Crippen LogP) is 1.37. The number of nitrogens with two attached hydrogens (primary N) is 1. The van der Waals surface area contributed by atoms with Gasteiger partial charge in [-0.3, -0.25) is 4.79 Å². The van der Waals surface area contributed by atoms with Crippen molar-refractivity contribution >= 4 is 18.4 Å². The minimum atomic E-state index is -2.22. The largest absolute Gasteiger partial charge is 0.465 e. The first-order valence-corrected chi connectivity index (χ1v) is 8.51. The molecular weight excluding hydrogens is 249 g/mol. The highest BCUT2D eigenvalue weighted by Crippen LogP contribution is 2.34. The molecule has 0 heterocycles. The fourth-order valence-electron chi connectivity index (χ4n) is 1.58.